The first-order chi connectivity index (χ1) is 7.09. The van der Waals surface area contributed by atoms with E-state index in [1.54, 1.807) is 6.07 Å². The Hall–Kier alpha value is -2.44. The number of nitro groups is 1. The summed E-state index contributed by atoms with van der Waals surface area (Å²) in [4.78, 5) is 17.7. The summed E-state index contributed by atoms with van der Waals surface area (Å²) in [6.07, 6.45) is 0. The van der Waals surface area contributed by atoms with E-state index in [1.165, 1.54) is 12.1 Å². The van der Waals surface area contributed by atoms with Gasteiger partial charge in [-0.15, -0.1) is 0 Å². The fourth-order valence-corrected chi connectivity index (χ4v) is 1.36. The van der Waals surface area contributed by atoms with Crippen LogP contribution >= 0.6 is 0 Å². The first kappa shape index (κ1) is 9.13. The van der Waals surface area contributed by atoms with Crippen LogP contribution < -0.4 is 11.5 Å². The number of aromatic nitrogens is 2. The molecule has 7 nitrogen and oxygen atoms in total. The third-order valence-corrected chi connectivity index (χ3v) is 1.94. The van der Waals surface area contributed by atoms with Crippen molar-refractivity contribution in [1.82, 2.24) is 9.97 Å². The molecule has 0 aliphatic rings. The van der Waals surface area contributed by atoms with E-state index in [-0.39, 0.29) is 22.8 Å². The average Bonchev–Trinajstić information content (AvgIpc) is 2.16. The molecule has 0 radical (unpaired) electrons. The second kappa shape index (κ2) is 3.05. The third kappa shape index (κ3) is 1.39. The number of hydrogen-bond acceptors (Lipinski definition) is 6. The number of fused-ring (bicyclic) bond motifs is 1. The van der Waals surface area contributed by atoms with Crippen LogP contribution in [0.1, 0.15) is 0 Å². The van der Waals surface area contributed by atoms with Gasteiger partial charge in [0.15, 0.2) is 0 Å². The van der Waals surface area contributed by atoms with Crippen molar-refractivity contribution in [1.29, 1.82) is 0 Å². The van der Waals surface area contributed by atoms with Gasteiger partial charge in [0.2, 0.25) is 5.95 Å². The molecule has 0 bridgehead atoms. The van der Waals surface area contributed by atoms with Crippen LogP contribution in [0.15, 0.2) is 18.2 Å². The molecular formula is C8H7N5O2. The highest BCUT2D eigenvalue weighted by Gasteiger charge is 2.15. The number of nitro benzene ring substituents is 1. The van der Waals surface area contributed by atoms with E-state index >= 15 is 0 Å². The van der Waals surface area contributed by atoms with Crippen LogP contribution in [0.3, 0.4) is 0 Å². The van der Waals surface area contributed by atoms with E-state index in [9.17, 15) is 10.1 Å². The predicted octanol–water partition coefficient (Wildman–Crippen LogP) is 0.702. The van der Waals surface area contributed by atoms with E-state index < -0.39 is 4.92 Å². The average molecular weight is 205 g/mol. The molecule has 0 amide bonds. The van der Waals surface area contributed by atoms with Crippen LogP contribution in [0.4, 0.5) is 17.5 Å². The molecule has 2 rings (SSSR count). The molecule has 0 spiro atoms. The van der Waals surface area contributed by atoms with Gasteiger partial charge in [-0.3, -0.25) is 10.1 Å². The fraction of sp³-hybridized carbons (Fsp3) is 0. The molecule has 76 valence electrons. The van der Waals surface area contributed by atoms with Crippen molar-refractivity contribution < 1.29 is 4.92 Å². The van der Waals surface area contributed by atoms with Crippen molar-refractivity contribution in [2.24, 2.45) is 0 Å². The summed E-state index contributed by atoms with van der Waals surface area (Å²) in [6, 6.07) is 4.46. The van der Waals surface area contributed by atoms with Gasteiger partial charge >= 0.3 is 0 Å². The van der Waals surface area contributed by atoms with Gasteiger partial charge in [0.1, 0.15) is 11.2 Å². The third-order valence-electron chi connectivity index (χ3n) is 1.94. The molecule has 0 atom stereocenters. The molecular weight excluding hydrogens is 198 g/mol. The number of benzene rings is 1. The van der Waals surface area contributed by atoms with Gasteiger partial charge in [0, 0.05) is 6.07 Å². The van der Waals surface area contributed by atoms with Crippen molar-refractivity contribution in [3.05, 3.63) is 28.3 Å². The first-order valence-electron chi connectivity index (χ1n) is 4.05. The highest BCUT2D eigenvalue weighted by molar-refractivity contribution is 5.96. The van der Waals surface area contributed by atoms with Crippen molar-refractivity contribution in [2.75, 3.05) is 11.5 Å². The highest BCUT2D eigenvalue weighted by atomic mass is 16.6. The molecule has 1 heterocycles. The zero-order valence-corrected chi connectivity index (χ0v) is 7.54. The van der Waals surface area contributed by atoms with Gasteiger partial charge < -0.3 is 11.5 Å². The number of nitrogens with zero attached hydrogens (tertiary/aromatic N) is 3. The lowest BCUT2D eigenvalue weighted by Gasteiger charge is -2.02. The van der Waals surface area contributed by atoms with Gasteiger partial charge in [0.05, 0.1) is 10.4 Å². The Balaban J connectivity index is 2.91. The monoisotopic (exact) mass is 205 g/mol. The van der Waals surface area contributed by atoms with Crippen LogP contribution in [0.25, 0.3) is 10.9 Å². The molecule has 0 unspecified atom stereocenters. The van der Waals surface area contributed by atoms with Crippen LogP contribution in [0.2, 0.25) is 0 Å². The van der Waals surface area contributed by atoms with E-state index in [0.29, 0.717) is 5.52 Å². The maximum Gasteiger partial charge on any atom is 0.282 e. The minimum absolute atomic E-state index is 0.000461. The Bertz CT molecular complexity index is 554. The normalized spacial score (nSPS) is 10.4. The molecule has 0 saturated carbocycles. The van der Waals surface area contributed by atoms with E-state index in [0.717, 1.165) is 0 Å². The summed E-state index contributed by atoms with van der Waals surface area (Å²) in [7, 11) is 0. The Morgan fingerprint density at radius 2 is 2.00 bits per heavy atom. The fourth-order valence-electron chi connectivity index (χ4n) is 1.36. The Morgan fingerprint density at radius 3 is 2.67 bits per heavy atom. The quantitative estimate of drug-likeness (QED) is 0.522. The topological polar surface area (TPSA) is 121 Å². The number of non-ortho nitro benzene ring substituents is 1. The van der Waals surface area contributed by atoms with Crippen LogP contribution in [-0.2, 0) is 0 Å². The second-order valence-electron chi connectivity index (χ2n) is 2.90. The Morgan fingerprint density at radius 1 is 1.27 bits per heavy atom. The lowest BCUT2D eigenvalue weighted by molar-refractivity contribution is -0.383. The standard InChI is InChI=1S/C8H7N5O2/c9-7-6-4(11-8(10)12-7)2-1-3-5(6)13(14)15/h1-3H,(H4,9,10,11,12). The lowest BCUT2D eigenvalue weighted by Crippen LogP contribution is -2.02. The molecule has 7 heteroatoms. The molecule has 0 fully saturated rings. The van der Waals surface area contributed by atoms with Gasteiger partial charge in [0.25, 0.3) is 5.69 Å². The minimum Gasteiger partial charge on any atom is -0.383 e. The summed E-state index contributed by atoms with van der Waals surface area (Å²) in [5, 5.41) is 10.9. The van der Waals surface area contributed by atoms with Crippen molar-refractivity contribution in [3.8, 4) is 0 Å². The van der Waals surface area contributed by atoms with Gasteiger partial charge in [-0.25, -0.2) is 4.98 Å². The maximum absolute atomic E-state index is 10.7. The predicted molar refractivity (Wildman–Crippen MR) is 55.0 cm³/mol. The Labute approximate surface area is 83.9 Å². The molecule has 0 aliphatic carbocycles. The van der Waals surface area contributed by atoms with Crippen LogP contribution in [0, 0.1) is 10.1 Å². The van der Waals surface area contributed by atoms with Gasteiger partial charge in [-0.1, -0.05) is 6.07 Å². The maximum atomic E-state index is 10.7. The lowest BCUT2D eigenvalue weighted by atomic mass is 10.2. The van der Waals surface area contributed by atoms with E-state index in [1.807, 2.05) is 0 Å². The van der Waals surface area contributed by atoms with Crippen molar-refractivity contribution in [3.63, 3.8) is 0 Å². The zero-order chi connectivity index (χ0) is 11.0. The smallest absolute Gasteiger partial charge is 0.282 e. The summed E-state index contributed by atoms with van der Waals surface area (Å²) in [6.45, 7) is 0. The van der Waals surface area contributed by atoms with Crippen molar-refractivity contribution in [2.45, 2.75) is 0 Å². The SMILES string of the molecule is Nc1nc(N)c2c([N+](=O)[O-])cccc2n1. The Kier molecular flexibility index (Phi) is 1.86. The first-order valence-corrected chi connectivity index (χ1v) is 4.05. The second-order valence-corrected chi connectivity index (χ2v) is 2.90. The number of nitrogens with two attached hydrogens (primary N) is 2. The summed E-state index contributed by atoms with van der Waals surface area (Å²) in [5.41, 5.74) is 11.2. The molecule has 15 heavy (non-hydrogen) atoms. The molecule has 2 aromatic rings. The van der Waals surface area contributed by atoms with Gasteiger partial charge in [-0.05, 0) is 6.07 Å². The highest BCUT2D eigenvalue weighted by Crippen LogP contribution is 2.28. The molecule has 1 aromatic heterocycles. The van der Waals surface area contributed by atoms with E-state index in [4.69, 9.17) is 11.5 Å². The summed E-state index contributed by atoms with van der Waals surface area (Å²) in [5.74, 6) is 0.0188. The van der Waals surface area contributed by atoms with Gasteiger partial charge in [-0.2, -0.15) is 4.98 Å². The zero-order valence-electron chi connectivity index (χ0n) is 7.54. The molecule has 4 N–H and O–H groups in total. The van der Waals surface area contributed by atoms with E-state index in [2.05, 4.69) is 9.97 Å². The molecule has 0 aliphatic heterocycles. The number of rotatable bonds is 1. The summed E-state index contributed by atoms with van der Waals surface area (Å²) < 4.78 is 0. The number of hydrogen-bond donors (Lipinski definition) is 2. The number of anilines is 2. The number of nitrogen functional groups attached to an aromatic ring is 2. The molecule has 0 saturated heterocycles. The molecule has 1 aromatic carbocycles. The minimum atomic E-state index is -0.530. The summed E-state index contributed by atoms with van der Waals surface area (Å²) >= 11 is 0. The van der Waals surface area contributed by atoms with Crippen molar-refractivity contribution >= 4 is 28.4 Å². The van der Waals surface area contributed by atoms with Crippen LogP contribution in [-0.4, -0.2) is 14.9 Å². The largest absolute Gasteiger partial charge is 0.383 e. The van der Waals surface area contributed by atoms with Crippen LogP contribution in [0.5, 0.6) is 0 Å².